The van der Waals surface area contributed by atoms with E-state index in [0.29, 0.717) is 5.69 Å². The molecular weight excluding hydrogens is 568 g/mol. The summed E-state index contributed by atoms with van der Waals surface area (Å²) < 4.78 is 34.3. The van der Waals surface area contributed by atoms with E-state index in [0.717, 1.165) is 29.7 Å². The topological polar surface area (TPSA) is 130 Å². The van der Waals surface area contributed by atoms with Crippen molar-refractivity contribution in [2.24, 2.45) is 0 Å². The van der Waals surface area contributed by atoms with Gasteiger partial charge in [-0.1, -0.05) is 63.9 Å². The number of hydrogen-bond acceptors (Lipinski definition) is 7. The average molecular weight is 611 g/mol. The molecule has 3 rings (SSSR count). The molecule has 0 saturated heterocycles. The van der Waals surface area contributed by atoms with Crippen molar-refractivity contribution in [3.05, 3.63) is 83.8 Å². The van der Waals surface area contributed by atoms with Gasteiger partial charge in [0, 0.05) is 18.9 Å². The minimum Gasteiger partial charge on any atom is -0.480 e. The van der Waals surface area contributed by atoms with Crippen LogP contribution in [0.25, 0.3) is 0 Å². The van der Waals surface area contributed by atoms with Gasteiger partial charge in [-0.3, -0.25) is 14.7 Å². The molecule has 0 fully saturated rings. The van der Waals surface area contributed by atoms with Crippen LogP contribution in [0.1, 0.15) is 77.6 Å². The number of benzene rings is 1. The van der Waals surface area contributed by atoms with Gasteiger partial charge in [0.25, 0.3) is 0 Å². The van der Waals surface area contributed by atoms with E-state index in [1.165, 1.54) is 40.5 Å². The van der Waals surface area contributed by atoms with Gasteiger partial charge in [-0.15, -0.1) is 0 Å². The van der Waals surface area contributed by atoms with Gasteiger partial charge in [0.2, 0.25) is 10.0 Å². The zero-order valence-corrected chi connectivity index (χ0v) is 26.6. The van der Waals surface area contributed by atoms with Crippen LogP contribution in [0.15, 0.2) is 71.9 Å². The maximum Gasteiger partial charge on any atom is 0.416 e. The van der Waals surface area contributed by atoms with E-state index in [2.05, 4.69) is 30.7 Å². The lowest BCUT2D eigenvalue weighted by Crippen LogP contribution is -2.40. The fourth-order valence-electron chi connectivity index (χ4n) is 4.49. The van der Waals surface area contributed by atoms with Gasteiger partial charge < -0.3 is 9.84 Å². The number of sulfonamides is 1. The Balaban J connectivity index is 1.96. The Kier molecular flexibility index (Phi) is 11.0. The van der Waals surface area contributed by atoms with Crippen molar-refractivity contribution in [3.8, 4) is 0 Å². The number of ether oxygens (including phenoxy) is 1. The van der Waals surface area contributed by atoms with Crippen LogP contribution in [0.2, 0.25) is 0 Å². The number of hydrogen-bond donors (Lipinski definition) is 1. The van der Waals surface area contributed by atoms with Crippen LogP contribution in [0.3, 0.4) is 0 Å². The highest BCUT2D eigenvalue weighted by Gasteiger charge is 2.29. The van der Waals surface area contributed by atoms with E-state index in [-0.39, 0.29) is 29.2 Å². The fourth-order valence-corrected chi connectivity index (χ4v) is 5.88. The third-order valence-corrected chi connectivity index (χ3v) is 8.66. The minimum atomic E-state index is -3.99. The summed E-state index contributed by atoms with van der Waals surface area (Å²) in [4.78, 5) is 33.9. The van der Waals surface area contributed by atoms with Crippen LogP contribution in [-0.4, -0.2) is 52.0 Å². The zero-order chi connectivity index (χ0) is 31.8. The number of carboxylic acid groups (broad SMARTS) is 1. The summed E-state index contributed by atoms with van der Waals surface area (Å²) >= 11 is 0. The molecule has 10 nitrogen and oxygen atoms in total. The van der Waals surface area contributed by atoms with E-state index in [1.54, 1.807) is 32.9 Å². The SMILES string of the molecule is CCCCC(C)(C)c1ccc(CN(Cc2cccc(N(CC(=O)O)C(=O)OC(C)(C)C)n2)S(=O)(=O)c2ccncc2)cc1. The summed E-state index contributed by atoms with van der Waals surface area (Å²) in [5.74, 6) is -1.21. The molecule has 1 amide bonds. The Morgan fingerprint density at radius 2 is 1.58 bits per heavy atom. The van der Waals surface area contributed by atoms with Crippen molar-refractivity contribution in [2.75, 3.05) is 11.4 Å². The summed E-state index contributed by atoms with van der Waals surface area (Å²) in [5.41, 5.74) is 1.44. The Hall–Kier alpha value is -3.83. The predicted octanol–water partition coefficient (Wildman–Crippen LogP) is 6.16. The molecule has 0 unspecified atom stereocenters. The van der Waals surface area contributed by atoms with Crippen molar-refractivity contribution in [1.29, 1.82) is 0 Å². The Morgan fingerprint density at radius 3 is 2.16 bits per heavy atom. The Morgan fingerprint density at radius 1 is 0.930 bits per heavy atom. The quantitative estimate of drug-likeness (QED) is 0.244. The Labute approximate surface area is 254 Å². The Bertz CT molecular complexity index is 1490. The van der Waals surface area contributed by atoms with Gasteiger partial charge in [0.15, 0.2) is 0 Å². The molecule has 43 heavy (non-hydrogen) atoms. The largest absolute Gasteiger partial charge is 0.480 e. The van der Waals surface area contributed by atoms with Crippen LogP contribution in [0.4, 0.5) is 10.6 Å². The number of nitrogens with zero attached hydrogens (tertiary/aromatic N) is 4. The number of aliphatic carboxylic acids is 1. The molecule has 0 atom stereocenters. The number of rotatable bonds is 13. The van der Waals surface area contributed by atoms with Gasteiger partial charge in [0.1, 0.15) is 18.0 Å². The summed E-state index contributed by atoms with van der Waals surface area (Å²) in [5, 5.41) is 9.45. The second-order valence-electron chi connectivity index (χ2n) is 12.1. The molecule has 11 heteroatoms. The molecule has 0 spiro atoms. The molecule has 2 heterocycles. The van der Waals surface area contributed by atoms with Crippen molar-refractivity contribution < 1.29 is 27.9 Å². The molecule has 0 bridgehead atoms. The smallest absolute Gasteiger partial charge is 0.416 e. The second kappa shape index (κ2) is 14.1. The van der Waals surface area contributed by atoms with Gasteiger partial charge >= 0.3 is 12.1 Å². The van der Waals surface area contributed by atoms with Gasteiger partial charge in [0.05, 0.1) is 17.1 Å². The lowest BCUT2D eigenvalue weighted by atomic mass is 9.80. The molecule has 1 aromatic carbocycles. The molecule has 0 radical (unpaired) electrons. The van der Waals surface area contributed by atoms with E-state index >= 15 is 0 Å². The number of amides is 1. The van der Waals surface area contributed by atoms with E-state index in [4.69, 9.17) is 4.74 Å². The van der Waals surface area contributed by atoms with Crippen molar-refractivity contribution in [1.82, 2.24) is 14.3 Å². The third-order valence-electron chi connectivity index (χ3n) is 6.85. The molecule has 0 aliphatic carbocycles. The van der Waals surface area contributed by atoms with Crippen molar-refractivity contribution in [3.63, 3.8) is 0 Å². The zero-order valence-electron chi connectivity index (χ0n) is 25.8. The van der Waals surface area contributed by atoms with Crippen LogP contribution in [0.5, 0.6) is 0 Å². The van der Waals surface area contributed by atoms with Crippen LogP contribution < -0.4 is 4.90 Å². The lowest BCUT2D eigenvalue weighted by Gasteiger charge is -2.27. The maximum atomic E-state index is 13.8. The number of carbonyl (C=O) groups is 2. The first-order valence-electron chi connectivity index (χ1n) is 14.3. The molecule has 0 aliphatic rings. The molecule has 0 saturated carbocycles. The van der Waals surface area contributed by atoms with Gasteiger partial charge in [-0.2, -0.15) is 4.31 Å². The van der Waals surface area contributed by atoms with E-state index in [9.17, 15) is 23.1 Å². The number of anilines is 1. The first kappa shape index (κ1) is 33.7. The summed E-state index contributed by atoms with van der Waals surface area (Å²) in [6.07, 6.45) is 5.25. The lowest BCUT2D eigenvalue weighted by molar-refractivity contribution is -0.135. The predicted molar refractivity (Wildman–Crippen MR) is 165 cm³/mol. The maximum absolute atomic E-state index is 13.8. The molecule has 2 aromatic heterocycles. The summed E-state index contributed by atoms with van der Waals surface area (Å²) in [6.45, 7) is 10.9. The van der Waals surface area contributed by atoms with Crippen LogP contribution in [-0.2, 0) is 38.1 Å². The van der Waals surface area contributed by atoms with E-state index in [1.807, 2.05) is 24.3 Å². The molecule has 3 aromatic rings. The highest BCUT2D eigenvalue weighted by atomic mass is 32.2. The van der Waals surface area contributed by atoms with Gasteiger partial charge in [-0.25, -0.2) is 18.2 Å². The molecule has 232 valence electrons. The summed E-state index contributed by atoms with van der Waals surface area (Å²) in [7, 11) is -3.99. The monoisotopic (exact) mass is 610 g/mol. The molecule has 0 aliphatic heterocycles. The highest BCUT2D eigenvalue weighted by molar-refractivity contribution is 7.89. The van der Waals surface area contributed by atoms with Crippen LogP contribution in [0, 0.1) is 0 Å². The first-order valence-corrected chi connectivity index (χ1v) is 15.7. The minimum absolute atomic E-state index is 0.00232. The number of aromatic nitrogens is 2. The number of pyridine rings is 2. The highest BCUT2D eigenvalue weighted by Crippen LogP contribution is 2.30. The molecule has 1 N–H and O–H groups in total. The number of carbonyl (C=O) groups excluding carboxylic acids is 1. The van der Waals surface area contributed by atoms with Crippen LogP contribution >= 0.6 is 0 Å². The first-order chi connectivity index (χ1) is 20.1. The normalized spacial score (nSPS) is 12.3. The van der Waals surface area contributed by atoms with Crippen molar-refractivity contribution >= 4 is 27.9 Å². The van der Waals surface area contributed by atoms with E-state index < -0.39 is 34.2 Å². The number of unbranched alkanes of at least 4 members (excludes halogenated alkanes) is 1. The fraction of sp³-hybridized carbons (Fsp3) is 0.438. The average Bonchev–Trinajstić information content (AvgIpc) is 2.94. The van der Waals surface area contributed by atoms with Crippen molar-refractivity contribution in [2.45, 2.75) is 89.8 Å². The van der Waals surface area contributed by atoms with Gasteiger partial charge in [-0.05, 0) is 68.0 Å². The standard InChI is InChI=1S/C32H42N4O6S/c1-7-8-18-32(5,6)25-14-12-24(13-15-25)21-35(43(40,41)27-16-19-33-20-17-27)22-26-10-9-11-28(34-26)36(23-29(37)38)30(39)42-31(2,3)4/h9-17,19-20H,7-8,18,21-23H2,1-6H3,(H,37,38). The number of carboxylic acids is 1. The summed E-state index contributed by atoms with van der Waals surface area (Å²) in [6, 6.07) is 15.6. The third kappa shape index (κ3) is 9.59. The molecular formula is C32H42N4O6S. The second-order valence-corrected chi connectivity index (χ2v) is 14.0.